The third-order valence-electron chi connectivity index (χ3n) is 12.8. The lowest BCUT2D eigenvalue weighted by Gasteiger charge is -2.46. The molecule has 0 bridgehead atoms. The Morgan fingerprint density at radius 2 is 1.45 bits per heavy atom. The lowest BCUT2D eigenvalue weighted by Crippen LogP contribution is -2.64. The van der Waals surface area contributed by atoms with Crippen LogP contribution >= 0.6 is 0 Å². The first-order valence-corrected chi connectivity index (χ1v) is 25.1. The first kappa shape index (κ1) is 66.1. The lowest BCUT2D eigenvalue weighted by molar-refractivity contribution is -0.303. The zero-order valence-electron chi connectivity index (χ0n) is 43.5. The van der Waals surface area contributed by atoms with E-state index in [0.29, 0.717) is 0 Å². The van der Waals surface area contributed by atoms with Crippen molar-refractivity contribution in [3.63, 3.8) is 0 Å². The number of carbonyl (C=O) groups is 3. The first-order valence-electron chi connectivity index (χ1n) is 25.1. The molecule has 2 heterocycles. The van der Waals surface area contributed by atoms with Gasteiger partial charge in [-0.2, -0.15) is 0 Å². The molecule has 16 N–H and O–H groups in total. The van der Waals surface area contributed by atoms with Gasteiger partial charge in [-0.1, -0.05) is 86.8 Å². The molecule has 0 aromatic carbocycles. The van der Waals surface area contributed by atoms with E-state index < -0.39 is 166 Å². The van der Waals surface area contributed by atoms with E-state index in [1.807, 2.05) is 57.2 Å². The molecule has 2 aliphatic rings. The molecule has 0 spiro atoms. The number of nitrogens with two attached hydrogens (primary N) is 1. The topological polar surface area (TPSA) is 382 Å². The monoisotopic (exact) mass is 1060 g/mol. The van der Waals surface area contributed by atoms with E-state index in [-0.39, 0.29) is 31.6 Å². The predicted molar refractivity (Wildman–Crippen MR) is 270 cm³/mol. The molecule has 0 radical (unpaired) electrons. The molecule has 2 aliphatic heterocycles. The van der Waals surface area contributed by atoms with Gasteiger partial charge in [-0.05, 0) is 47.0 Å². The fraction of sp³-hybridized carbons (Fsp3) is 0.706. The van der Waals surface area contributed by atoms with E-state index in [2.05, 4.69) is 20.9 Å². The van der Waals surface area contributed by atoms with Crippen molar-refractivity contribution in [3.8, 4) is 0 Å². The summed E-state index contributed by atoms with van der Waals surface area (Å²) in [6.45, 7) is 9.98. The molecule has 0 aromatic heterocycles. The van der Waals surface area contributed by atoms with Crippen molar-refractivity contribution in [1.82, 2.24) is 16.2 Å². The molecule has 2 saturated heterocycles. The third-order valence-corrected chi connectivity index (χ3v) is 12.8. The number of hydrogen-bond acceptors (Lipinski definition) is 21. The largest absolute Gasteiger partial charge is 0.467 e. The molecule has 23 heteroatoms. The number of nitrogens with one attached hydrogen (secondary N) is 3. The number of hydrogen-bond donors (Lipinski definition) is 15. The molecule has 0 aromatic rings. The van der Waals surface area contributed by atoms with Gasteiger partial charge in [0.1, 0.15) is 12.2 Å². The highest BCUT2D eigenvalue weighted by molar-refractivity contribution is 5.75. The van der Waals surface area contributed by atoms with E-state index in [1.54, 1.807) is 44.2 Å². The first-order chi connectivity index (χ1) is 34.9. The van der Waals surface area contributed by atoms with Crippen LogP contribution in [0.4, 0.5) is 4.79 Å². The average molecular weight is 1060 g/mol. The van der Waals surface area contributed by atoms with Crippen molar-refractivity contribution in [2.24, 2.45) is 17.6 Å². The van der Waals surface area contributed by atoms with Crippen LogP contribution in [0.1, 0.15) is 92.9 Å². The lowest BCUT2D eigenvalue weighted by atomic mass is 9.87. The van der Waals surface area contributed by atoms with Gasteiger partial charge < -0.3 is 90.9 Å². The van der Waals surface area contributed by atoms with Gasteiger partial charge >= 0.3 is 18.0 Å². The van der Waals surface area contributed by atoms with Crippen LogP contribution in [-0.2, 0) is 33.3 Å². The molecule has 0 aliphatic carbocycles. The zero-order valence-corrected chi connectivity index (χ0v) is 43.5. The van der Waals surface area contributed by atoms with Crippen molar-refractivity contribution in [3.05, 3.63) is 72.9 Å². The second-order valence-corrected chi connectivity index (χ2v) is 19.1. The summed E-state index contributed by atoms with van der Waals surface area (Å²) in [5.74, 6) is -4.64. The second kappa shape index (κ2) is 33.9. The van der Waals surface area contributed by atoms with Crippen LogP contribution in [0.3, 0.4) is 0 Å². The summed E-state index contributed by atoms with van der Waals surface area (Å²) < 4.78 is 28.0. The van der Waals surface area contributed by atoms with Crippen LogP contribution in [0.2, 0.25) is 0 Å². The Labute approximate surface area is 434 Å². The Hall–Kier alpha value is -3.99. The van der Waals surface area contributed by atoms with Gasteiger partial charge in [0.25, 0.3) is 0 Å². The molecule has 0 saturated carbocycles. The number of aliphatic hydroxyl groups is 11. The van der Waals surface area contributed by atoms with Crippen LogP contribution < -0.4 is 21.9 Å². The number of carbonyl (C=O) groups excluding carboxylic acids is 3. The normalized spacial score (nSPS) is 29.5. The highest BCUT2D eigenvalue weighted by Crippen LogP contribution is 2.35. The van der Waals surface area contributed by atoms with Crippen molar-refractivity contribution in [2.75, 3.05) is 13.7 Å². The summed E-state index contributed by atoms with van der Waals surface area (Å²) in [4.78, 5) is 37.3. The van der Waals surface area contributed by atoms with E-state index in [4.69, 9.17) is 24.7 Å². The van der Waals surface area contributed by atoms with Crippen molar-refractivity contribution in [1.29, 1.82) is 0 Å². The van der Waals surface area contributed by atoms with Gasteiger partial charge in [-0.3, -0.25) is 10.2 Å². The van der Waals surface area contributed by atoms with Crippen molar-refractivity contribution >= 4 is 18.0 Å². The fourth-order valence-electron chi connectivity index (χ4n) is 8.39. The molecule has 424 valence electrons. The highest BCUT2D eigenvalue weighted by atomic mass is 16.7. The Kier molecular flexibility index (Phi) is 30.3. The smallest absolute Gasteiger partial charge is 0.336 e. The minimum Gasteiger partial charge on any atom is -0.467 e. The van der Waals surface area contributed by atoms with Crippen molar-refractivity contribution in [2.45, 2.75) is 203 Å². The van der Waals surface area contributed by atoms with Gasteiger partial charge in [0, 0.05) is 37.5 Å². The summed E-state index contributed by atoms with van der Waals surface area (Å²) in [5.41, 5.74) is 10.7. The minimum atomic E-state index is -2.35. The minimum absolute atomic E-state index is 0.125. The van der Waals surface area contributed by atoms with E-state index in [1.165, 1.54) is 13.0 Å². The summed E-state index contributed by atoms with van der Waals surface area (Å²) in [5, 5.41) is 122. The Bertz CT molecular complexity index is 1840. The third kappa shape index (κ3) is 23.5. The number of allylic oxidation sites excluding steroid dienone is 10. The van der Waals surface area contributed by atoms with Crippen LogP contribution in [-0.4, -0.2) is 197 Å². The van der Waals surface area contributed by atoms with Gasteiger partial charge in [-0.15, -0.1) is 0 Å². The zero-order chi connectivity index (χ0) is 55.7. The number of aliphatic hydroxyl groups excluding tert-OH is 10. The van der Waals surface area contributed by atoms with E-state index in [0.717, 1.165) is 7.11 Å². The summed E-state index contributed by atoms with van der Waals surface area (Å²) in [6.07, 6.45) is -1.48. The van der Waals surface area contributed by atoms with Gasteiger partial charge in [0.2, 0.25) is 0 Å². The quantitative estimate of drug-likeness (QED) is 0.0175. The van der Waals surface area contributed by atoms with Gasteiger partial charge in [0.05, 0.1) is 99.3 Å². The SMILES string of the molecule is C/C=C/C=C/C=C/C=C/C=C/[C@@H](C[C@@H]1O[C@](O)(C[C@@H](O)C[C@@H](O)[C@H](O)CC[C@@H](O)C[C@@H](O)CC(=O)O[C@@H](C)[C@H](C)[C@H](O)[C@@H](C)/C=C/C)C[C@H](O)[C@H]1NC(=O)NNC[C@@H](O)C(=O)OC)O[C@@H]1O[C@H](C)[C@@H](O)[C@H](N)[C@@H]1O. The maximum atomic E-state index is 13.1. The van der Waals surface area contributed by atoms with Crippen LogP contribution in [0.15, 0.2) is 72.9 Å². The molecule has 74 heavy (non-hydrogen) atoms. The number of rotatable bonds is 31. The molecule has 2 fully saturated rings. The number of hydrazine groups is 1. The fourth-order valence-corrected chi connectivity index (χ4v) is 8.39. The van der Waals surface area contributed by atoms with Crippen molar-refractivity contribution < 1.29 is 94.2 Å². The maximum Gasteiger partial charge on any atom is 0.336 e. The predicted octanol–water partition coefficient (Wildman–Crippen LogP) is -0.813. The van der Waals surface area contributed by atoms with Gasteiger partial charge in [-0.25, -0.2) is 15.0 Å². The number of urea groups is 1. The summed E-state index contributed by atoms with van der Waals surface area (Å²) >= 11 is 0. The van der Waals surface area contributed by atoms with Crippen LogP contribution in [0.5, 0.6) is 0 Å². The standard InChI is InChI=1S/C51H86N4O19/c1-8-10-11-12-13-14-15-16-17-19-36(73-49-47(66)43(52)46(65)32(6)72-49)25-41-44(54-50(68)55-53-28-40(62)48(67)70-7)39(61)27-51(69,74-41)26-35(58)23-38(60)37(59)21-20-33(56)22-34(57)24-42(63)71-31(5)30(4)45(64)29(3)18-9-2/h8-19,29-41,43-47,49,53,56-62,64-66,69H,20-28,52H2,1-7H3,(H2,54,55,68)/b10-8+,12-11+,14-13+,16-15+,18-9+,19-17+/t29-,30-,31-,32+,33+,34+,35-,36-,37+,38+,39-,40+,41-,43-,44+,45+,46+,47-,49-,51+/m0/s1. The molecule has 2 amide bonds. The summed E-state index contributed by atoms with van der Waals surface area (Å²) in [6, 6.07) is -3.49. The Balaban J connectivity index is 2.22. The van der Waals surface area contributed by atoms with E-state index in [9.17, 15) is 70.6 Å². The molecular weight excluding hydrogens is 973 g/mol. The second-order valence-electron chi connectivity index (χ2n) is 19.1. The molecule has 20 atom stereocenters. The Morgan fingerprint density at radius 3 is 2.07 bits per heavy atom. The van der Waals surface area contributed by atoms with Crippen LogP contribution in [0, 0.1) is 11.8 Å². The van der Waals surface area contributed by atoms with E-state index >= 15 is 0 Å². The Morgan fingerprint density at radius 1 is 0.811 bits per heavy atom. The maximum absolute atomic E-state index is 13.1. The highest BCUT2D eigenvalue weighted by Gasteiger charge is 2.49. The molecule has 23 nitrogen and oxygen atoms in total. The molecule has 2 rings (SSSR count). The molecule has 0 unspecified atom stereocenters. The van der Waals surface area contributed by atoms with Crippen LogP contribution in [0.25, 0.3) is 0 Å². The summed E-state index contributed by atoms with van der Waals surface area (Å²) in [7, 11) is 1.06. The number of ether oxygens (including phenoxy) is 5. The molecular formula is C51H86N4O19. The number of esters is 2. The van der Waals surface area contributed by atoms with Gasteiger partial charge in [0.15, 0.2) is 18.2 Å². The number of amides is 2. The average Bonchev–Trinajstić information content (AvgIpc) is 3.33. The number of methoxy groups -OCH3 is 1.